The fourth-order valence-corrected chi connectivity index (χ4v) is 3.83. The number of carboxylic acids is 1. The van der Waals surface area contributed by atoms with Crippen LogP contribution < -0.4 is 9.64 Å². The molecule has 0 saturated carbocycles. The maximum absolute atomic E-state index is 12.9. The summed E-state index contributed by atoms with van der Waals surface area (Å²) in [5, 5.41) is 9.07. The zero-order valence-electron chi connectivity index (χ0n) is 16.5. The number of carbonyl (C=O) groups excluding carboxylic acids is 1. The highest BCUT2D eigenvalue weighted by Gasteiger charge is 2.44. The van der Waals surface area contributed by atoms with Gasteiger partial charge in [0.05, 0.1) is 23.4 Å². The van der Waals surface area contributed by atoms with Crippen molar-refractivity contribution < 1.29 is 19.4 Å². The minimum atomic E-state index is -0.891. The zero-order valence-corrected chi connectivity index (χ0v) is 18.1. The average Bonchev–Trinajstić information content (AvgIpc) is 2.85. The molecule has 6 heteroatoms. The molecular weight excluding hydrogens is 434 g/mol. The molecule has 1 N–H and O–H groups in total. The van der Waals surface area contributed by atoms with E-state index in [-0.39, 0.29) is 25.0 Å². The predicted molar refractivity (Wildman–Crippen MR) is 115 cm³/mol. The standard InChI is InChI=1S/C23H22BrNO4/c1-4-5-16(12-21(26)27)15-6-9-18(10-7-15)29-14-25-20-13-17(24)8-11-19(20)23(2,3)22(25)28/h6-11,13,16H,12,14H2,1-3H3,(H,26,27). The first-order valence-electron chi connectivity index (χ1n) is 9.23. The number of hydrogen-bond donors (Lipinski definition) is 1. The highest BCUT2D eigenvalue weighted by Crippen LogP contribution is 2.42. The van der Waals surface area contributed by atoms with E-state index < -0.39 is 11.4 Å². The number of aliphatic carboxylic acids is 1. The van der Waals surface area contributed by atoms with Gasteiger partial charge in [0.15, 0.2) is 6.73 Å². The van der Waals surface area contributed by atoms with Gasteiger partial charge < -0.3 is 9.84 Å². The molecule has 0 fully saturated rings. The van der Waals surface area contributed by atoms with Crippen LogP contribution in [-0.2, 0) is 15.0 Å². The van der Waals surface area contributed by atoms with E-state index in [0.717, 1.165) is 21.3 Å². The molecule has 1 atom stereocenters. The maximum atomic E-state index is 12.9. The fourth-order valence-electron chi connectivity index (χ4n) is 3.48. The van der Waals surface area contributed by atoms with Crippen molar-refractivity contribution in [1.82, 2.24) is 0 Å². The van der Waals surface area contributed by atoms with Crippen molar-refractivity contribution in [2.24, 2.45) is 0 Å². The molecule has 0 spiro atoms. The van der Waals surface area contributed by atoms with E-state index in [2.05, 4.69) is 27.8 Å². The third-order valence-electron chi connectivity index (χ3n) is 5.04. The smallest absolute Gasteiger partial charge is 0.304 e. The summed E-state index contributed by atoms with van der Waals surface area (Å²) >= 11 is 3.47. The lowest BCUT2D eigenvalue weighted by atomic mass is 9.86. The van der Waals surface area contributed by atoms with Crippen LogP contribution in [0, 0.1) is 11.8 Å². The lowest BCUT2D eigenvalue weighted by Gasteiger charge is -2.21. The van der Waals surface area contributed by atoms with Crippen LogP contribution in [0.3, 0.4) is 0 Å². The normalized spacial score (nSPS) is 15.3. The average molecular weight is 456 g/mol. The van der Waals surface area contributed by atoms with Gasteiger partial charge in [-0.2, -0.15) is 0 Å². The quantitative estimate of drug-likeness (QED) is 0.641. The predicted octanol–water partition coefficient (Wildman–Crippen LogP) is 4.69. The lowest BCUT2D eigenvalue weighted by molar-refractivity contribution is -0.137. The molecule has 2 aromatic carbocycles. The molecule has 0 saturated heterocycles. The second-order valence-corrected chi connectivity index (χ2v) is 8.32. The third-order valence-corrected chi connectivity index (χ3v) is 5.54. The van der Waals surface area contributed by atoms with Gasteiger partial charge >= 0.3 is 5.97 Å². The van der Waals surface area contributed by atoms with Gasteiger partial charge in [-0.3, -0.25) is 14.5 Å². The topological polar surface area (TPSA) is 66.8 Å². The summed E-state index contributed by atoms with van der Waals surface area (Å²) in [6, 6.07) is 13.0. The molecule has 5 nitrogen and oxygen atoms in total. The van der Waals surface area contributed by atoms with Gasteiger partial charge in [0, 0.05) is 4.47 Å². The van der Waals surface area contributed by atoms with Crippen LogP contribution in [0.15, 0.2) is 46.9 Å². The first kappa shape index (κ1) is 20.9. The first-order chi connectivity index (χ1) is 13.7. The largest absolute Gasteiger partial charge is 0.481 e. The van der Waals surface area contributed by atoms with Crippen molar-refractivity contribution in [1.29, 1.82) is 0 Å². The van der Waals surface area contributed by atoms with E-state index in [4.69, 9.17) is 9.84 Å². The number of ether oxygens (including phenoxy) is 1. The second kappa shape index (κ2) is 8.30. The molecule has 1 heterocycles. The van der Waals surface area contributed by atoms with E-state index in [1.165, 1.54) is 0 Å². The van der Waals surface area contributed by atoms with Gasteiger partial charge in [0.25, 0.3) is 0 Å². The van der Waals surface area contributed by atoms with Gasteiger partial charge in [0.2, 0.25) is 5.91 Å². The zero-order chi connectivity index (χ0) is 21.2. The van der Waals surface area contributed by atoms with Crippen LogP contribution in [0.5, 0.6) is 5.75 Å². The number of nitrogens with zero attached hydrogens (tertiary/aromatic N) is 1. The monoisotopic (exact) mass is 455 g/mol. The second-order valence-electron chi connectivity index (χ2n) is 7.41. The van der Waals surface area contributed by atoms with Crippen molar-refractivity contribution in [3.8, 4) is 17.6 Å². The highest BCUT2D eigenvalue weighted by molar-refractivity contribution is 9.10. The molecule has 2 aromatic rings. The highest BCUT2D eigenvalue weighted by atomic mass is 79.9. The minimum Gasteiger partial charge on any atom is -0.481 e. The number of anilines is 1. The summed E-state index contributed by atoms with van der Waals surface area (Å²) < 4.78 is 6.76. The van der Waals surface area contributed by atoms with E-state index in [9.17, 15) is 9.59 Å². The molecule has 1 aliphatic heterocycles. The number of rotatable bonds is 6. The van der Waals surface area contributed by atoms with E-state index in [0.29, 0.717) is 5.75 Å². The number of carboxylic acid groups (broad SMARTS) is 1. The molecule has 1 aliphatic rings. The van der Waals surface area contributed by atoms with Crippen LogP contribution in [0.2, 0.25) is 0 Å². The molecule has 29 heavy (non-hydrogen) atoms. The van der Waals surface area contributed by atoms with Gasteiger partial charge in [-0.1, -0.05) is 40.0 Å². The summed E-state index contributed by atoms with van der Waals surface area (Å²) in [5.74, 6) is 5.04. The van der Waals surface area contributed by atoms with Crippen molar-refractivity contribution in [2.75, 3.05) is 11.6 Å². The molecule has 0 aliphatic carbocycles. The maximum Gasteiger partial charge on any atom is 0.304 e. The van der Waals surface area contributed by atoms with Gasteiger partial charge in [-0.05, 0) is 56.2 Å². The summed E-state index contributed by atoms with van der Waals surface area (Å²) in [5.41, 5.74) is 2.03. The number of fused-ring (bicyclic) bond motifs is 1. The van der Waals surface area contributed by atoms with Crippen molar-refractivity contribution in [3.63, 3.8) is 0 Å². The number of halogens is 1. The summed E-state index contributed by atoms with van der Waals surface area (Å²) in [7, 11) is 0. The van der Waals surface area contributed by atoms with Crippen LogP contribution >= 0.6 is 15.9 Å². The fraction of sp³-hybridized carbons (Fsp3) is 0.304. The van der Waals surface area contributed by atoms with Crippen molar-refractivity contribution in [2.45, 2.75) is 38.5 Å². The third kappa shape index (κ3) is 4.30. The number of hydrogen-bond acceptors (Lipinski definition) is 3. The van der Waals surface area contributed by atoms with E-state index >= 15 is 0 Å². The number of benzene rings is 2. The molecule has 1 amide bonds. The Kier molecular flexibility index (Phi) is 5.99. The molecule has 0 aromatic heterocycles. The Bertz CT molecular complexity index is 1000. The molecule has 150 valence electrons. The SMILES string of the molecule is CC#CC(CC(=O)O)c1ccc(OCN2C(=O)C(C)(C)c3ccc(Br)cc32)cc1. The Morgan fingerprint density at radius 2 is 1.93 bits per heavy atom. The van der Waals surface area contributed by atoms with Crippen LogP contribution in [0.4, 0.5) is 5.69 Å². The van der Waals surface area contributed by atoms with E-state index in [1.54, 1.807) is 24.0 Å². The number of carbonyl (C=O) groups is 2. The molecule has 3 rings (SSSR count). The molecule has 0 radical (unpaired) electrons. The van der Waals surface area contributed by atoms with Crippen LogP contribution in [-0.4, -0.2) is 23.7 Å². The Labute approximate surface area is 178 Å². The Morgan fingerprint density at radius 3 is 2.55 bits per heavy atom. The van der Waals surface area contributed by atoms with Gasteiger partial charge in [0.1, 0.15) is 5.75 Å². The molecular formula is C23H22BrNO4. The molecule has 1 unspecified atom stereocenters. The minimum absolute atomic E-state index is 0.0121. The van der Waals surface area contributed by atoms with Gasteiger partial charge in [-0.15, -0.1) is 5.92 Å². The van der Waals surface area contributed by atoms with Gasteiger partial charge in [-0.25, -0.2) is 0 Å². The Morgan fingerprint density at radius 1 is 1.24 bits per heavy atom. The van der Waals surface area contributed by atoms with Crippen molar-refractivity contribution in [3.05, 3.63) is 58.1 Å². The van der Waals surface area contributed by atoms with E-state index in [1.807, 2.05) is 44.2 Å². The Hall–Kier alpha value is -2.78. The number of amides is 1. The Balaban J connectivity index is 1.75. The van der Waals surface area contributed by atoms with Crippen LogP contribution in [0.25, 0.3) is 0 Å². The summed E-state index contributed by atoms with van der Waals surface area (Å²) in [6.45, 7) is 5.61. The van der Waals surface area contributed by atoms with Crippen LogP contribution in [0.1, 0.15) is 44.2 Å². The summed E-state index contributed by atoms with van der Waals surface area (Å²) in [6.07, 6.45) is -0.0515. The van der Waals surface area contributed by atoms with Crippen molar-refractivity contribution >= 4 is 33.5 Å². The lowest BCUT2D eigenvalue weighted by Crippen LogP contribution is -2.38. The summed E-state index contributed by atoms with van der Waals surface area (Å²) in [4.78, 5) is 25.6. The molecule has 0 bridgehead atoms. The first-order valence-corrected chi connectivity index (χ1v) is 10.0.